The van der Waals surface area contributed by atoms with Gasteiger partial charge in [-0.15, -0.1) is 0 Å². The number of allylic oxidation sites excluding steroid dienone is 3. The largest absolute Gasteiger partial charge is 0.344 e. The van der Waals surface area contributed by atoms with Crippen molar-refractivity contribution >= 4 is 17.2 Å². The fourth-order valence-corrected chi connectivity index (χ4v) is 4.85. The van der Waals surface area contributed by atoms with E-state index >= 15 is 0 Å². The van der Waals surface area contributed by atoms with Gasteiger partial charge in [0.15, 0.2) is 0 Å². The van der Waals surface area contributed by atoms with Crippen molar-refractivity contribution in [3.63, 3.8) is 0 Å². The number of aromatic nitrogens is 1. The van der Waals surface area contributed by atoms with Crippen LogP contribution in [0.4, 0.5) is 5.69 Å². The summed E-state index contributed by atoms with van der Waals surface area (Å²) in [5.74, 6) is 1.30. The van der Waals surface area contributed by atoms with E-state index in [-0.39, 0.29) is 0 Å². The van der Waals surface area contributed by atoms with Gasteiger partial charge in [0.2, 0.25) is 0 Å². The number of anilines is 1. The third kappa shape index (κ3) is 5.36. The van der Waals surface area contributed by atoms with Crippen LogP contribution in [0.3, 0.4) is 0 Å². The molecule has 0 spiro atoms. The average Bonchev–Trinajstić information content (AvgIpc) is 3.49. The second-order valence-electron chi connectivity index (χ2n) is 8.89. The number of aliphatic imine (C=N–C) groups is 1. The molecule has 0 aliphatic heterocycles. The predicted octanol–water partition coefficient (Wildman–Crippen LogP) is 7.81. The van der Waals surface area contributed by atoms with Crippen LogP contribution in [-0.2, 0) is 12.8 Å². The summed E-state index contributed by atoms with van der Waals surface area (Å²) in [5.41, 5.74) is 9.07. The van der Waals surface area contributed by atoms with Gasteiger partial charge in [-0.1, -0.05) is 49.4 Å². The lowest BCUT2D eigenvalue weighted by molar-refractivity contribution is 0.776. The van der Waals surface area contributed by atoms with Crippen LogP contribution in [0.2, 0.25) is 0 Å². The van der Waals surface area contributed by atoms with Crippen LogP contribution >= 0.6 is 0 Å². The molecule has 3 aromatic rings. The summed E-state index contributed by atoms with van der Waals surface area (Å²) in [6, 6.07) is 19.7. The lowest BCUT2D eigenvalue weighted by Crippen LogP contribution is -2.07. The van der Waals surface area contributed by atoms with E-state index in [1.54, 1.807) is 0 Å². The molecule has 0 bridgehead atoms. The number of aryl methyl sites for hydroxylation is 2. The average molecular weight is 438 g/mol. The molecule has 1 N–H and O–H groups in total. The van der Waals surface area contributed by atoms with Gasteiger partial charge in [0.25, 0.3) is 0 Å². The van der Waals surface area contributed by atoms with Crippen molar-refractivity contribution < 1.29 is 0 Å². The van der Waals surface area contributed by atoms with E-state index in [0.717, 1.165) is 29.2 Å². The molecule has 0 fully saturated rings. The van der Waals surface area contributed by atoms with Gasteiger partial charge in [-0.25, -0.2) is 4.99 Å². The summed E-state index contributed by atoms with van der Waals surface area (Å²) in [6.45, 7) is 8.48. The first-order valence-corrected chi connectivity index (χ1v) is 12.1. The highest BCUT2D eigenvalue weighted by Gasteiger charge is 2.14. The number of nitrogens with zero attached hydrogens (tertiary/aromatic N) is 2. The Labute approximate surface area is 198 Å². The maximum Gasteiger partial charge on any atom is 0.103 e. The fraction of sp³-hybridized carbons (Fsp3) is 0.300. The second-order valence-corrected chi connectivity index (χ2v) is 8.89. The Morgan fingerprint density at radius 2 is 1.82 bits per heavy atom. The molecule has 0 saturated carbocycles. The molecule has 2 aromatic carbocycles. The van der Waals surface area contributed by atoms with Gasteiger partial charge in [-0.05, 0) is 92.5 Å². The highest BCUT2D eigenvalue weighted by molar-refractivity contribution is 5.94. The van der Waals surface area contributed by atoms with Crippen LogP contribution in [0.15, 0.2) is 89.8 Å². The summed E-state index contributed by atoms with van der Waals surface area (Å²) in [4.78, 5) is 4.70. The van der Waals surface area contributed by atoms with Crippen molar-refractivity contribution in [3.8, 4) is 0 Å². The van der Waals surface area contributed by atoms with E-state index in [2.05, 4.69) is 104 Å². The molecule has 3 nitrogen and oxygen atoms in total. The molecule has 1 heterocycles. The van der Waals surface area contributed by atoms with Crippen LogP contribution in [0, 0.1) is 0 Å². The molecule has 170 valence electrons. The normalized spacial score (nSPS) is 15.5. The number of fused-ring (bicyclic) bond motifs is 1. The molecule has 1 aliphatic carbocycles. The predicted molar refractivity (Wildman–Crippen MR) is 142 cm³/mol. The molecule has 33 heavy (non-hydrogen) atoms. The third-order valence-corrected chi connectivity index (χ3v) is 6.56. The van der Waals surface area contributed by atoms with Gasteiger partial charge in [0, 0.05) is 35.9 Å². The molecule has 3 heteroatoms. The zero-order valence-corrected chi connectivity index (χ0v) is 20.3. The minimum absolute atomic E-state index is 0.409. The van der Waals surface area contributed by atoms with E-state index in [4.69, 9.17) is 4.99 Å². The Hall–Kier alpha value is -3.33. The number of benzene rings is 2. The Bertz CT molecular complexity index is 1180. The Morgan fingerprint density at radius 3 is 2.58 bits per heavy atom. The van der Waals surface area contributed by atoms with E-state index in [9.17, 15) is 0 Å². The zero-order chi connectivity index (χ0) is 23.2. The van der Waals surface area contributed by atoms with Crippen LogP contribution in [0.5, 0.6) is 0 Å². The summed E-state index contributed by atoms with van der Waals surface area (Å²) in [6.07, 6.45) is 13.3. The second kappa shape index (κ2) is 10.5. The number of hydrogen-bond acceptors (Lipinski definition) is 1. The third-order valence-electron chi connectivity index (χ3n) is 6.56. The minimum Gasteiger partial charge on any atom is -0.344 e. The number of rotatable bonds is 7. The fourth-order valence-electron chi connectivity index (χ4n) is 4.85. The molecular formula is C30H35N3. The van der Waals surface area contributed by atoms with Gasteiger partial charge < -0.3 is 9.88 Å². The van der Waals surface area contributed by atoms with Crippen molar-refractivity contribution in [1.82, 2.24) is 4.57 Å². The minimum atomic E-state index is 0.409. The van der Waals surface area contributed by atoms with Gasteiger partial charge in [-0.3, -0.25) is 0 Å². The SMILES string of the molecule is C/C=C(/C(C)=C\N=C(C)Nc1ccc2c(c1)CCC2)n1ccc(C(CC)c2ccccc2)c1. The zero-order valence-electron chi connectivity index (χ0n) is 20.3. The lowest BCUT2D eigenvalue weighted by atomic mass is 9.91. The van der Waals surface area contributed by atoms with Crippen molar-refractivity contribution in [3.05, 3.63) is 107 Å². The number of amidine groups is 1. The Kier molecular flexibility index (Phi) is 7.29. The van der Waals surface area contributed by atoms with Gasteiger partial charge in [0.1, 0.15) is 5.84 Å². The van der Waals surface area contributed by atoms with E-state index in [1.165, 1.54) is 41.5 Å². The van der Waals surface area contributed by atoms with Gasteiger partial charge in [-0.2, -0.15) is 0 Å². The first-order valence-electron chi connectivity index (χ1n) is 12.1. The van der Waals surface area contributed by atoms with Crippen LogP contribution in [0.25, 0.3) is 5.70 Å². The number of hydrogen-bond donors (Lipinski definition) is 1. The Balaban J connectivity index is 1.48. The van der Waals surface area contributed by atoms with Crippen molar-refractivity contribution in [1.29, 1.82) is 0 Å². The molecule has 1 unspecified atom stereocenters. The van der Waals surface area contributed by atoms with Crippen LogP contribution in [-0.4, -0.2) is 10.4 Å². The topological polar surface area (TPSA) is 29.3 Å². The highest BCUT2D eigenvalue weighted by Crippen LogP contribution is 2.30. The monoisotopic (exact) mass is 437 g/mol. The molecule has 4 rings (SSSR count). The van der Waals surface area contributed by atoms with Gasteiger partial charge >= 0.3 is 0 Å². The highest BCUT2D eigenvalue weighted by atomic mass is 15.0. The van der Waals surface area contributed by atoms with E-state index in [1.807, 2.05) is 13.1 Å². The van der Waals surface area contributed by atoms with Crippen molar-refractivity contribution in [2.75, 3.05) is 5.32 Å². The van der Waals surface area contributed by atoms with Crippen molar-refractivity contribution in [2.24, 2.45) is 4.99 Å². The molecule has 0 amide bonds. The molecular weight excluding hydrogens is 402 g/mol. The standard InChI is InChI=1S/C30H35N3/c1-5-29(25-11-8-7-9-12-25)27-17-18-33(21-27)30(6-2)22(3)20-31-23(4)32-28-16-15-24-13-10-14-26(24)19-28/h6-9,11-12,15-21,29H,5,10,13-14H2,1-4H3,(H,31,32)/b22-20-,30-6-. The summed E-state index contributed by atoms with van der Waals surface area (Å²) in [5, 5.41) is 3.45. The molecule has 1 aromatic heterocycles. The molecule has 1 atom stereocenters. The van der Waals surface area contributed by atoms with Crippen molar-refractivity contribution in [2.45, 2.75) is 59.3 Å². The van der Waals surface area contributed by atoms with Gasteiger partial charge in [0.05, 0.1) is 0 Å². The first kappa shape index (κ1) is 22.8. The first-order chi connectivity index (χ1) is 16.1. The lowest BCUT2D eigenvalue weighted by Gasteiger charge is -2.14. The Morgan fingerprint density at radius 1 is 1.03 bits per heavy atom. The summed E-state index contributed by atoms with van der Waals surface area (Å²) >= 11 is 0. The maximum absolute atomic E-state index is 4.70. The number of nitrogens with one attached hydrogen (secondary N) is 1. The van der Waals surface area contributed by atoms with Crippen LogP contribution < -0.4 is 5.32 Å². The van der Waals surface area contributed by atoms with Crippen LogP contribution in [0.1, 0.15) is 68.7 Å². The molecule has 0 saturated heterocycles. The molecule has 0 radical (unpaired) electrons. The maximum atomic E-state index is 4.70. The quantitative estimate of drug-likeness (QED) is 0.228. The summed E-state index contributed by atoms with van der Waals surface area (Å²) in [7, 11) is 0. The smallest absolute Gasteiger partial charge is 0.103 e. The summed E-state index contributed by atoms with van der Waals surface area (Å²) < 4.78 is 2.21. The van der Waals surface area contributed by atoms with E-state index in [0.29, 0.717) is 5.92 Å². The van der Waals surface area contributed by atoms with E-state index < -0.39 is 0 Å². The molecule has 1 aliphatic rings.